The van der Waals surface area contributed by atoms with E-state index in [-0.39, 0.29) is 11.3 Å². The van der Waals surface area contributed by atoms with Gasteiger partial charge in [0, 0.05) is 15.7 Å². The molecule has 20 heavy (non-hydrogen) atoms. The highest BCUT2D eigenvalue weighted by Gasteiger charge is 2.14. The Hall–Kier alpha value is -2.34. The first-order chi connectivity index (χ1) is 9.47. The molecule has 0 bridgehead atoms. The number of hydrogen-bond donors (Lipinski definition) is 3. The first-order valence-corrected chi connectivity index (χ1v) is 6.46. The Labute approximate surface area is 123 Å². The van der Waals surface area contributed by atoms with E-state index in [1.54, 1.807) is 30.3 Å². The van der Waals surface area contributed by atoms with Gasteiger partial charge in [-0.15, -0.1) is 0 Å². The van der Waals surface area contributed by atoms with Crippen molar-refractivity contribution in [2.24, 2.45) is 0 Å². The van der Waals surface area contributed by atoms with Crippen LogP contribution >= 0.6 is 15.9 Å². The Balaban J connectivity index is 2.28. The van der Waals surface area contributed by atoms with Crippen molar-refractivity contribution in [2.75, 3.05) is 11.1 Å². The summed E-state index contributed by atoms with van der Waals surface area (Å²) in [5.41, 5.74) is 6.75. The zero-order valence-electron chi connectivity index (χ0n) is 10.3. The summed E-state index contributed by atoms with van der Waals surface area (Å²) in [6.45, 7) is 0. The molecule has 1 amide bonds. The number of anilines is 2. The number of carboxylic acids is 1. The molecule has 0 aliphatic carbocycles. The maximum absolute atomic E-state index is 12.0. The van der Waals surface area contributed by atoms with Crippen LogP contribution in [0.3, 0.4) is 0 Å². The number of amides is 1. The van der Waals surface area contributed by atoms with Crippen LogP contribution in [0.4, 0.5) is 11.4 Å². The minimum Gasteiger partial charge on any atom is -0.478 e. The molecule has 0 fully saturated rings. The molecule has 2 aromatic rings. The molecule has 0 aliphatic rings. The highest BCUT2D eigenvalue weighted by atomic mass is 79.9. The zero-order chi connectivity index (χ0) is 14.7. The summed E-state index contributed by atoms with van der Waals surface area (Å²) >= 11 is 3.19. The molecule has 0 aromatic heterocycles. The molecule has 0 unspecified atom stereocenters. The molecule has 0 aliphatic heterocycles. The maximum atomic E-state index is 12.0. The smallest absolute Gasteiger partial charge is 0.337 e. The second-order valence-corrected chi connectivity index (χ2v) is 4.99. The number of carbonyl (C=O) groups excluding carboxylic acids is 1. The molecule has 102 valence electrons. The fourth-order valence-corrected chi connectivity index (χ4v) is 1.99. The molecule has 0 saturated heterocycles. The summed E-state index contributed by atoms with van der Waals surface area (Å²) in [7, 11) is 0. The van der Waals surface area contributed by atoms with E-state index in [2.05, 4.69) is 21.2 Å². The number of carbonyl (C=O) groups is 2. The van der Waals surface area contributed by atoms with Crippen molar-refractivity contribution < 1.29 is 14.7 Å². The number of rotatable bonds is 3. The third kappa shape index (κ3) is 3.16. The first-order valence-electron chi connectivity index (χ1n) is 5.67. The molecule has 0 saturated carbocycles. The molecular formula is C14H11BrN2O3. The Bertz CT molecular complexity index is 669. The number of nitrogens with one attached hydrogen (secondary N) is 1. The lowest BCUT2D eigenvalue weighted by molar-refractivity contribution is 0.0698. The minimum absolute atomic E-state index is 0.0168. The number of nitrogen functional groups attached to an aromatic ring is 1. The van der Waals surface area contributed by atoms with Gasteiger partial charge in [-0.3, -0.25) is 4.79 Å². The van der Waals surface area contributed by atoms with Gasteiger partial charge >= 0.3 is 5.97 Å². The SMILES string of the molecule is Nc1ccc(C(=O)Nc2ccc(Br)cc2C(=O)O)cc1. The topological polar surface area (TPSA) is 92.4 Å². The zero-order valence-corrected chi connectivity index (χ0v) is 11.8. The van der Waals surface area contributed by atoms with Gasteiger partial charge in [0.15, 0.2) is 0 Å². The second kappa shape index (κ2) is 5.75. The van der Waals surface area contributed by atoms with E-state index >= 15 is 0 Å². The molecule has 0 radical (unpaired) electrons. The molecule has 0 spiro atoms. The van der Waals surface area contributed by atoms with E-state index in [9.17, 15) is 9.59 Å². The van der Waals surface area contributed by atoms with E-state index in [0.717, 1.165) is 0 Å². The second-order valence-electron chi connectivity index (χ2n) is 4.07. The minimum atomic E-state index is -1.11. The van der Waals surface area contributed by atoms with Crippen molar-refractivity contribution in [3.8, 4) is 0 Å². The van der Waals surface area contributed by atoms with Crippen LogP contribution in [0, 0.1) is 0 Å². The van der Waals surface area contributed by atoms with E-state index in [1.807, 2.05) is 0 Å². The van der Waals surface area contributed by atoms with Crippen molar-refractivity contribution >= 4 is 39.2 Å². The van der Waals surface area contributed by atoms with Crippen molar-refractivity contribution in [1.29, 1.82) is 0 Å². The first kappa shape index (κ1) is 14.1. The summed E-state index contributed by atoms with van der Waals surface area (Å²) in [4.78, 5) is 23.2. The number of halogens is 1. The van der Waals surface area contributed by atoms with Crippen molar-refractivity contribution in [3.05, 3.63) is 58.1 Å². The Morgan fingerprint density at radius 2 is 1.75 bits per heavy atom. The van der Waals surface area contributed by atoms with Crippen LogP contribution in [-0.2, 0) is 0 Å². The predicted molar refractivity (Wildman–Crippen MR) is 79.9 cm³/mol. The van der Waals surface area contributed by atoms with Gasteiger partial charge in [-0.25, -0.2) is 4.79 Å². The lowest BCUT2D eigenvalue weighted by atomic mass is 10.1. The summed E-state index contributed by atoms with van der Waals surface area (Å²) in [5.74, 6) is -1.51. The predicted octanol–water partition coefficient (Wildman–Crippen LogP) is 2.98. The number of aromatic carboxylic acids is 1. The third-order valence-electron chi connectivity index (χ3n) is 2.63. The van der Waals surface area contributed by atoms with Crippen LogP contribution in [0.1, 0.15) is 20.7 Å². The van der Waals surface area contributed by atoms with Gasteiger partial charge in [0.05, 0.1) is 11.3 Å². The van der Waals surface area contributed by atoms with Gasteiger partial charge in [-0.2, -0.15) is 0 Å². The van der Waals surface area contributed by atoms with Crippen LogP contribution in [-0.4, -0.2) is 17.0 Å². The molecular weight excluding hydrogens is 324 g/mol. The molecule has 2 rings (SSSR count). The molecule has 5 nitrogen and oxygen atoms in total. The highest BCUT2D eigenvalue weighted by Crippen LogP contribution is 2.22. The molecule has 2 aromatic carbocycles. The molecule has 6 heteroatoms. The average molecular weight is 335 g/mol. The normalized spacial score (nSPS) is 10.1. The van der Waals surface area contributed by atoms with Crippen LogP contribution in [0.15, 0.2) is 46.9 Å². The van der Waals surface area contributed by atoms with Gasteiger partial charge in [0.1, 0.15) is 0 Å². The Morgan fingerprint density at radius 1 is 1.10 bits per heavy atom. The maximum Gasteiger partial charge on any atom is 0.337 e. The van der Waals surface area contributed by atoms with Crippen molar-refractivity contribution in [2.45, 2.75) is 0 Å². The molecule has 0 heterocycles. The van der Waals surface area contributed by atoms with Gasteiger partial charge < -0.3 is 16.2 Å². The van der Waals surface area contributed by atoms with Gasteiger partial charge in [0.2, 0.25) is 0 Å². The lowest BCUT2D eigenvalue weighted by Gasteiger charge is -2.09. The van der Waals surface area contributed by atoms with E-state index < -0.39 is 11.9 Å². The van der Waals surface area contributed by atoms with E-state index in [4.69, 9.17) is 10.8 Å². The van der Waals surface area contributed by atoms with E-state index in [0.29, 0.717) is 15.7 Å². The molecule has 0 atom stereocenters. The average Bonchev–Trinajstić information content (AvgIpc) is 2.41. The summed E-state index contributed by atoms with van der Waals surface area (Å²) in [6.07, 6.45) is 0. The van der Waals surface area contributed by atoms with Gasteiger partial charge in [-0.1, -0.05) is 15.9 Å². The fourth-order valence-electron chi connectivity index (χ4n) is 1.63. The lowest BCUT2D eigenvalue weighted by Crippen LogP contribution is -2.14. The van der Waals surface area contributed by atoms with Gasteiger partial charge in [0.25, 0.3) is 5.91 Å². The van der Waals surface area contributed by atoms with Crippen molar-refractivity contribution in [3.63, 3.8) is 0 Å². The van der Waals surface area contributed by atoms with Crippen LogP contribution in [0.25, 0.3) is 0 Å². The summed E-state index contributed by atoms with van der Waals surface area (Å²) < 4.78 is 0.625. The Kier molecular flexibility index (Phi) is 4.05. The van der Waals surface area contributed by atoms with E-state index in [1.165, 1.54) is 12.1 Å². The fraction of sp³-hybridized carbons (Fsp3) is 0. The number of hydrogen-bond acceptors (Lipinski definition) is 3. The van der Waals surface area contributed by atoms with Crippen molar-refractivity contribution in [1.82, 2.24) is 0 Å². The van der Waals surface area contributed by atoms with Gasteiger partial charge in [-0.05, 0) is 42.5 Å². The number of nitrogens with two attached hydrogens (primary N) is 1. The number of carboxylic acid groups (broad SMARTS) is 1. The Morgan fingerprint density at radius 3 is 2.35 bits per heavy atom. The third-order valence-corrected chi connectivity index (χ3v) is 3.13. The largest absolute Gasteiger partial charge is 0.478 e. The summed E-state index contributed by atoms with van der Waals surface area (Å²) in [5, 5.41) is 11.7. The molecule has 4 N–H and O–H groups in total. The van der Waals surface area contributed by atoms with Crippen LogP contribution < -0.4 is 11.1 Å². The van der Waals surface area contributed by atoms with Crippen LogP contribution in [0.2, 0.25) is 0 Å². The van der Waals surface area contributed by atoms with Crippen LogP contribution in [0.5, 0.6) is 0 Å². The summed E-state index contributed by atoms with van der Waals surface area (Å²) in [6, 6.07) is 11.0. The standard InChI is InChI=1S/C14H11BrN2O3/c15-9-3-6-12(11(7-9)14(19)20)17-13(18)8-1-4-10(16)5-2-8/h1-7H,16H2,(H,17,18)(H,19,20). The highest BCUT2D eigenvalue weighted by molar-refractivity contribution is 9.10. The number of benzene rings is 2. The quantitative estimate of drug-likeness (QED) is 0.752. The monoisotopic (exact) mass is 334 g/mol.